The number of unbranched alkanes of at least 4 members (excludes halogenated alkanes) is 3. The number of hydrogen-bond acceptors (Lipinski definition) is 5. The number of amides is 1. The molecule has 1 aliphatic heterocycles. The molecule has 33 heavy (non-hydrogen) atoms. The second-order valence-electron chi connectivity index (χ2n) is 8.39. The number of likely N-dealkylation sites (tertiary alicyclic amines) is 1. The molecule has 0 atom stereocenters. The third kappa shape index (κ3) is 4.84. The highest BCUT2D eigenvalue weighted by Gasteiger charge is 2.22. The summed E-state index contributed by atoms with van der Waals surface area (Å²) in [6, 6.07) is 5.94. The number of imidazole rings is 1. The van der Waals surface area contributed by atoms with Gasteiger partial charge in [0.25, 0.3) is 5.91 Å². The van der Waals surface area contributed by atoms with Crippen molar-refractivity contribution in [3.8, 4) is 11.1 Å². The minimum Gasteiger partial charge on any atom is -0.356 e. The van der Waals surface area contributed by atoms with Crippen LogP contribution in [0.4, 0.5) is 5.95 Å². The molecule has 1 N–H and O–H groups in total. The summed E-state index contributed by atoms with van der Waals surface area (Å²) in [7, 11) is 1.79. The zero-order valence-corrected chi connectivity index (χ0v) is 19.8. The Bertz CT molecular complexity index is 1220. The Morgan fingerprint density at radius 3 is 2.52 bits per heavy atom. The predicted molar refractivity (Wildman–Crippen MR) is 134 cm³/mol. The quantitative estimate of drug-likeness (QED) is 0.412. The Morgan fingerprint density at radius 2 is 1.82 bits per heavy atom. The van der Waals surface area contributed by atoms with Crippen molar-refractivity contribution in [1.29, 1.82) is 0 Å². The van der Waals surface area contributed by atoms with Crippen LogP contribution >= 0.6 is 0 Å². The summed E-state index contributed by atoms with van der Waals surface area (Å²) < 4.78 is 3.67. The molecule has 0 bridgehead atoms. The van der Waals surface area contributed by atoms with Crippen LogP contribution in [-0.4, -0.2) is 54.9 Å². The zero-order valence-electron chi connectivity index (χ0n) is 19.8. The van der Waals surface area contributed by atoms with Gasteiger partial charge in [-0.3, -0.25) is 9.20 Å². The van der Waals surface area contributed by atoms with Gasteiger partial charge in [0.2, 0.25) is 5.95 Å². The maximum Gasteiger partial charge on any atom is 0.272 e. The highest BCUT2D eigenvalue weighted by Crippen LogP contribution is 2.26. The summed E-state index contributed by atoms with van der Waals surface area (Å²) in [6.45, 7) is 6.10. The van der Waals surface area contributed by atoms with Crippen LogP contribution in [0.15, 0.2) is 43.0 Å². The zero-order chi connectivity index (χ0) is 23.2. The van der Waals surface area contributed by atoms with Crippen LogP contribution < -0.4 is 5.32 Å². The van der Waals surface area contributed by atoms with Gasteiger partial charge in [-0.05, 0) is 31.0 Å². The monoisotopic (exact) mass is 449 g/mol. The molecule has 4 aromatic rings. The number of carbonyl (C=O) groups is 1. The van der Waals surface area contributed by atoms with Gasteiger partial charge in [0.05, 0.1) is 17.9 Å². The minimum absolute atomic E-state index is 0. The lowest BCUT2D eigenvalue weighted by molar-refractivity contribution is 0.0786. The summed E-state index contributed by atoms with van der Waals surface area (Å²) in [5, 5.41) is 7.34. The van der Waals surface area contributed by atoms with E-state index in [1.54, 1.807) is 24.0 Å². The van der Waals surface area contributed by atoms with Crippen LogP contribution in [0.5, 0.6) is 0 Å². The maximum atomic E-state index is 12.8. The van der Waals surface area contributed by atoms with Crippen LogP contribution in [0.25, 0.3) is 22.3 Å². The first-order chi connectivity index (χ1) is 16.2. The summed E-state index contributed by atoms with van der Waals surface area (Å²) in [4.78, 5) is 23.4. The first-order valence-electron chi connectivity index (χ1n) is 11.9. The van der Waals surface area contributed by atoms with Gasteiger partial charge in [-0.2, -0.15) is 0 Å². The van der Waals surface area contributed by atoms with Crippen molar-refractivity contribution < 1.29 is 6.22 Å². The summed E-state index contributed by atoms with van der Waals surface area (Å²) in [5.74, 6) is 0.606. The Balaban J connectivity index is 0.000000415. The van der Waals surface area contributed by atoms with Crippen molar-refractivity contribution in [1.82, 2.24) is 28.9 Å². The number of aromatic nitrogens is 5. The first-order valence-corrected chi connectivity index (χ1v) is 11.9. The van der Waals surface area contributed by atoms with E-state index in [1.807, 2.05) is 39.9 Å². The second kappa shape index (κ2) is 10.5. The summed E-state index contributed by atoms with van der Waals surface area (Å²) >= 11 is 0. The van der Waals surface area contributed by atoms with E-state index in [9.17, 15) is 4.79 Å². The van der Waals surface area contributed by atoms with E-state index >= 15 is 0 Å². The van der Waals surface area contributed by atoms with Gasteiger partial charge in [-0.25, -0.2) is 14.5 Å². The van der Waals surface area contributed by atoms with Gasteiger partial charge >= 0.3 is 0 Å². The number of carbonyl (C=O) groups excluding carboxylic acids is 1. The average Bonchev–Trinajstić information content (AvgIpc) is 3.61. The summed E-state index contributed by atoms with van der Waals surface area (Å²) in [5.41, 5.74) is 4.26. The Morgan fingerprint density at radius 1 is 1.06 bits per heavy atom. The molecule has 1 amide bonds. The molecule has 0 unspecified atom stereocenters. The van der Waals surface area contributed by atoms with Gasteiger partial charge in [0.15, 0.2) is 0 Å². The van der Waals surface area contributed by atoms with Gasteiger partial charge in [-0.1, -0.05) is 39.5 Å². The third-order valence-electron chi connectivity index (χ3n) is 6.03. The second-order valence-corrected chi connectivity index (χ2v) is 8.39. The lowest BCUT2D eigenvalue weighted by atomic mass is 10.1. The van der Waals surface area contributed by atoms with Crippen molar-refractivity contribution in [3.63, 3.8) is 0 Å². The number of pyridine rings is 1. The number of rotatable bonds is 6. The fraction of sp³-hybridized carbons (Fsp3) is 0.440. The van der Waals surface area contributed by atoms with Crippen molar-refractivity contribution in [2.75, 3.05) is 25.5 Å². The lowest BCUT2D eigenvalue weighted by Gasteiger charge is -2.14. The molecule has 0 aliphatic carbocycles. The van der Waals surface area contributed by atoms with Gasteiger partial charge in [0, 0.05) is 45.1 Å². The van der Waals surface area contributed by atoms with Crippen LogP contribution in [0, 0.1) is 0 Å². The molecule has 1 fully saturated rings. The summed E-state index contributed by atoms with van der Waals surface area (Å²) in [6.07, 6.45) is 15.0. The van der Waals surface area contributed by atoms with Crippen molar-refractivity contribution >= 4 is 23.0 Å². The van der Waals surface area contributed by atoms with E-state index in [1.165, 1.54) is 25.7 Å². The molecule has 4 aromatic heterocycles. The topological polar surface area (TPSA) is 79.8 Å². The SMILES string of the molecule is CCCCCC.CNc1ncc2c(-c3ccc4ncc(C(=O)N5CCCC5)n4c3)ccn2n1.[HH]. The highest BCUT2D eigenvalue weighted by molar-refractivity contribution is 5.93. The highest BCUT2D eigenvalue weighted by atomic mass is 16.2. The third-order valence-corrected chi connectivity index (χ3v) is 6.03. The van der Waals surface area contributed by atoms with E-state index in [4.69, 9.17) is 0 Å². The van der Waals surface area contributed by atoms with Crippen LogP contribution in [-0.2, 0) is 0 Å². The molecule has 1 saturated heterocycles. The molecular weight excluding hydrogens is 414 g/mol. The lowest BCUT2D eigenvalue weighted by Crippen LogP contribution is -2.28. The Hall–Kier alpha value is -3.42. The van der Waals surface area contributed by atoms with E-state index in [0.717, 1.165) is 48.2 Å². The van der Waals surface area contributed by atoms with Crippen molar-refractivity contribution in [2.24, 2.45) is 0 Å². The largest absolute Gasteiger partial charge is 0.356 e. The number of hydrogen-bond donors (Lipinski definition) is 1. The molecule has 5 rings (SSSR count). The van der Waals surface area contributed by atoms with Gasteiger partial charge in [0.1, 0.15) is 11.3 Å². The van der Waals surface area contributed by atoms with E-state index in [2.05, 4.69) is 34.2 Å². The fourth-order valence-electron chi connectivity index (χ4n) is 4.14. The predicted octanol–water partition coefficient (Wildman–Crippen LogP) is 5.15. The molecule has 0 spiro atoms. The number of nitrogens with one attached hydrogen (secondary N) is 1. The average molecular weight is 450 g/mol. The van der Waals surface area contributed by atoms with E-state index in [-0.39, 0.29) is 7.33 Å². The minimum atomic E-state index is 0. The molecule has 0 radical (unpaired) electrons. The van der Waals surface area contributed by atoms with Gasteiger partial charge < -0.3 is 10.2 Å². The van der Waals surface area contributed by atoms with E-state index in [0.29, 0.717) is 11.6 Å². The molecule has 8 nitrogen and oxygen atoms in total. The van der Waals surface area contributed by atoms with Crippen LogP contribution in [0.2, 0.25) is 0 Å². The first kappa shape index (κ1) is 22.8. The maximum absolute atomic E-state index is 12.8. The number of fused-ring (bicyclic) bond motifs is 2. The van der Waals surface area contributed by atoms with E-state index < -0.39 is 0 Å². The molecule has 0 aromatic carbocycles. The molecule has 5 heterocycles. The van der Waals surface area contributed by atoms with Crippen molar-refractivity contribution in [2.45, 2.75) is 52.4 Å². The molecular formula is C25H35N7O. The number of nitrogens with zero attached hydrogens (tertiary/aromatic N) is 6. The number of anilines is 1. The van der Waals surface area contributed by atoms with Crippen molar-refractivity contribution in [3.05, 3.63) is 48.7 Å². The molecule has 176 valence electrons. The van der Waals surface area contributed by atoms with Gasteiger partial charge in [-0.15, -0.1) is 5.10 Å². The fourth-order valence-corrected chi connectivity index (χ4v) is 4.14. The Kier molecular flexibility index (Phi) is 7.22. The normalized spacial score (nSPS) is 13.4. The smallest absolute Gasteiger partial charge is 0.272 e. The van der Waals surface area contributed by atoms with Crippen LogP contribution in [0.3, 0.4) is 0 Å². The van der Waals surface area contributed by atoms with Crippen LogP contribution in [0.1, 0.15) is 64.3 Å². The molecule has 1 aliphatic rings. The molecule has 8 heteroatoms. The standard InChI is InChI=1S/C19H19N7O.C6H14.H2/c1-20-19-22-10-15-14(6-9-26(15)23-19)13-4-5-17-21-11-16(25(17)12-13)18(27)24-7-2-3-8-24;1-3-5-6-4-2;/h4-6,9-12H,2-3,7-8H2,1H3,(H,20,23);3-6H2,1-2H3;1H. The Labute approximate surface area is 196 Å². The molecule has 0 saturated carbocycles.